The first-order valence-electron chi connectivity index (χ1n) is 7.99. The van der Waals surface area contributed by atoms with Crippen molar-refractivity contribution in [2.45, 2.75) is 13.0 Å². The van der Waals surface area contributed by atoms with Crippen LogP contribution in [0.2, 0.25) is 0 Å². The highest BCUT2D eigenvalue weighted by molar-refractivity contribution is 8.14. The number of carbonyl (C=O) groups is 4. The summed E-state index contributed by atoms with van der Waals surface area (Å²) in [5.74, 6) is -2.35. The third-order valence-corrected chi connectivity index (χ3v) is 3.88. The Balaban J connectivity index is 0.000000283. The third-order valence-electron chi connectivity index (χ3n) is 2.99. The van der Waals surface area contributed by atoms with Gasteiger partial charge in [0.25, 0.3) is 0 Å². The van der Waals surface area contributed by atoms with Crippen LogP contribution in [0.25, 0.3) is 0 Å². The molecule has 1 atom stereocenters. The normalized spacial score (nSPS) is 10.6. The fourth-order valence-corrected chi connectivity index (χ4v) is 2.22. The molecule has 0 aliphatic rings. The molecule has 0 aromatic heterocycles. The van der Waals surface area contributed by atoms with Crippen LogP contribution in [-0.2, 0) is 14.3 Å². The molecule has 0 aliphatic heterocycles. The summed E-state index contributed by atoms with van der Waals surface area (Å²) in [7, 11) is 0. The molecule has 3 N–H and O–H groups in total. The second-order valence-corrected chi connectivity index (χ2v) is 6.16. The molecule has 28 heavy (non-hydrogen) atoms. The number of carboxylic acids is 2. The minimum Gasteiger partial charge on any atom is -0.481 e. The number of hydrogen-bond donors (Lipinski definition) is 3. The molecular weight excluding hydrogens is 386 g/mol. The van der Waals surface area contributed by atoms with E-state index in [1.54, 1.807) is 60.7 Å². The van der Waals surface area contributed by atoms with Crippen LogP contribution in [0, 0.1) is 0 Å². The summed E-state index contributed by atoms with van der Waals surface area (Å²) in [4.78, 5) is 42.9. The SMILES string of the molecule is C[C@@H](OC(=O)Nc1ccccc1)C(=O)O.O=C(O)CSC(=O)c1ccccc1. The number of hydrogen-bond acceptors (Lipinski definition) is 6. The summed E-state index contributed by atoms with van der Waals surface area (Å²) in [6, 6.07) is 17.3. The van der Waals surface area contributed by atoms with E-state index in [0.29, 0.717) is 11.3 Å². The molecule has 0 spiro atoms. The molecule has 0 bridgehead atoms. The molecule has 2 rings (SSSR count). The summed E-state index contributed by atoms with van der Waals surface area (Å²) >= 11 is 0.799. The van der Waals surface area contributed by atoms with E-state index in [2.05, 4.69) is 10.1 Å². The van der Waals surface area contributed by atoms with Gasteiger partial charge in [-0.3, -0.25) is 14.9 Å². The van der Waals surface area contributed by atoms with Crippen LogP contribution in [0.4, 0.5) is 10.5 Å². The van der Waals surface area contributed by atoms with Gasteiger partial charge >= 0.3 is 18.0 Å². The maximum Gasteiger partial charge on any atom is 0.412 e. The Morgan fingerprint density at radius 2 is 1.50 bits per heavy atom. The highest BCUT2D eigenvalue weighted by Crippen LogP contribution is 2.11. The number of rotatable bonds is 6. The molecule has 0 saturated heterocycles. The number of para-hydroxylation sites is 1. The van der Waals surface area contributed by atoms with Crippen LogP contribution in [0.5, 0.6) is 0 Å². The van der Waals surface area contributed by atoms with Crippen molar-refractivity contribution in [3.8, 4) is 0 Å². The van der Waals surface area contributed by atoms with Crippen LogP contribution in [0.1, 0.15) is 17.3 Å². The van der Waals surface area contributed by atoms with E-state index in [1.807, 2.05) is 0 Å². The van der Waals surface area contributed by atoms with Gasteiger partial charge in [0.15, 0.2) is 6.10 Å². The monoisotopic (exact) mass is 405 g/mol. The number of ether oxygens (including phenoxy) is 1. The van der Waals surface area contributed by atoms with Crippen LogP contribution < -0.4 is 5.32 Å². The van der Waals surface area contributed by atoms with E-state index in [9.17, 15) is 19.2 Å². The molecule has 2 aromatic rings. The number of amides is 1. The maximum atomic E-state index is 11.2. The minimum absolute atomic E-state index is 0.187. The lowest BCUT2D eigenvalue weighted by Crippen LogP contribution is -2.26. The molecule has 8 nitrogen and oxygen atoms in total. The molecule has 0 saturated carbocycles. The van der Waals surface area contributed by atoms with Gasteiger partial charge in [0, 0.05) is 11.3 Å². The summed E-state index contributed by atoms with van der Waals surface area (Å²) in [5, 5.41) is 19.0. The lowest BCUT2D eigenvalue weighted by molar-refractivity contribution is -0.145. The first kappa shape index (κ1) is 22.7. The van der Waals surface area contributed by atoms with Crippen molar-refractivity contribution in [2.24, 2.45) is 0 Å². The van der Waals surface area contributed by atoms with Gasteiger partial charge < -0.3 is 14.9 Å². The van der Waals surface area contributed by atoms with E-state index < -0.39 is 24.1 Å². The first-order chi connectivity index (χ1) is 13.3. The van der Waals surface area contributed by atoms with E-state index >= 15 is 0 Å². The van der Waals surface area contributed by atoms with Gasteiger partial charge in [0.2, 0.25) is 5.12 Å². The zero-order chi connectivity index (χ0) is 20.9. The van der Waals surface area contributed by atoms with Gasteiger partial charge in [-0.05, 0) is 19.1 Å². The molecule has 0 unspecified atom stereocenters. The van der Waals surface area contributed by atoms with Gasteiger partial charge in [0.05, 0.1) is 5.75 Å². The topological polar surface area (TPSA) is 130 Å². The summed E-state index contributed by atoms with van der Waals surface area (Å²) in [6.07, 6.45) is -1.94. The fourth-order valence-electron chi connectivity index (χ4n) is 1.66. The number of nitrogens with one attached hydrogen (secondary N) is 1. The van der Waals surface area contributed by atoms with E-state index in [1.165, 1.54) is 6.92 Å². The molecule has 1 amide bonds. The van der Waals surface area contributed by atoms with Gasteiger partial charge in [-0.15, -0.1) is 0 Å². The third kappa shape index (κ3) is 9.39. The predicted octanol–water partition coefficient (Wildman–Crippen LogP) is 3.35. The molecule has 0 aliphatic carbocycles. The minimum atomic E-state index is -1.18. The molecule has 0 fully saturated rings. The Morgan fingerprint density at radius 1 is 0.964 bits per heavy atom. The van der Waals surface area contributed by atoms with Crippen LogP contribution in [-0.4, -0.2) is 45.2 Å². The van der Waals surface area contributed by atoms with Gasteiger partial charge in [-0.25, -0.2) is 9.59 Å². The fraction of sp³-hybridized carbons (Fsp3) is 0.158. The number of carbonyl (C=O) groups excluding carboxylic acids is 2. The zero-order valence-electron chi connectivity index (χ0n) is 14.9. The lowest BCUT2D eigenvalue weighted by atomic mass is 10.2. The predicted molar refractivity (Wildman–Crippen MR) is 105 cm³/mol. The first-order valence-corrected chi connectivity index (χ1v) is 8.97. The number of benzene rings is 2. The summed E-state index contributed by atoms with van der Waals surface area (Å²) < 4.78 is 4.57. The van der Waals surface area contributed by atoms with Crippen molar-refractivity contribution >= 4 is 40.6 Å². The quantitative estimate of drug-likeness (QED) is 0.667. The highest BCUT2D eigenvalue weighted by atomic mass is 32.2. The van der Waals surface area contributed by atoms with Gasteiger partial charge in [-0.2, -0.15) is 0 Å². The van der Waals surface area contributed by atoms with Crippen LogP contribution in [0.3, 0.4) is 0 Å². The van der Waals surface area contributed by atoms with Gasteiger partial charge in [0.1, 0.15) is 0 Å². The summed E-state index contributed by atoms with van der Waals surface area (Å²) in [6.45, 7) is 1.28. The number of thioether (sulfide) groups is 1. The number of aliphatic carboxylic acids is 2. The van der Waals surface area contributed by atoms with Crippen molar-refractivity contribution in [3.63, 3.8) is 0 Å². The number of anilines is 1. The van der Waals surface area contributed by atoms with Crippen molar-refractivity contribution in [3.05, 3.63) is 66.2 Å². The van der Waals surface area contributed by atoms with Crippen molar-refractivity contribution in [1.29, 1.82) is 0 Å². The highest BCUT2D eigenvalue weighted by Gasteiger charge is 2.15. The van der Waals surface area contributed by atoms with Crippen molar-refractivity contribution in [2.75, 3.05) is 11.1 Å². The maximum absolute atomic E-state index is 11.2. The van der Waals surface area contributed by atoms with Crippen LogP contribution in [0.15, 0.2) is 60.7 Å². The average molecular weight is 405 g/mol. The van der Waals surface area contributed by atoms with E-state index in [-0.39, 0.29) is 10.9 Å². The second-order valence-electron chi connectivity index (χ2n) is 5.21. The largest absolute Gasteiger partial charge is 0.481 e. The molecule has 0 heterocycles. The zero-order valence-corrected chi connectivity index (χ0v) is 15.7. The van der Waals surface area contributed by atoms with Gasteiger partial charge in [-0.1, -0.05) is 60.3 Å². The van der Waals surface area contributed by atoms with Crippen LogP contribution >= 0.6 is 11.8 Å². The standard InChI is InChI=1S/C10H11NO4.C9H8O3S/c1-7(9(12)13)15-10(14)11-8-5-3-2-4-6-8;10-8(11)6-13-9(12)7-4-2-1-3-5-7/h2-7H,1H3,(H,11,14)(H,12,13);1-5H,6H2,(H,10,11)/t7-;/m1./s1. The lowest BCUT2D eigenvalue weighted by Gasteiger charge is -2.09. The molecule has 148 valence electrons. The Kier molecular flexibility index (Phi) is 9.84. The van der Waals surface area contributed by atoms with Crippen molar-refractivity contribution < 1.29 is 34.1 Å². The smallest absolute Gasteiger partial charge is 0.412 e. The van der Waals surface area contributed by atoms with E-state index in [0.717, 1.165) is 11.8 Å². The van der Waals surface area contributed by atoms with Crippen molar-refractivity contribution in [1.82, 2.24) is 0 Å². The van der Waals surface area contributed by atoms with E-state index in [4.69, 9.17) is 10.2 Å². The second kappa shape index (κ2) is 12.1. The summed E-state index contributed by atoms with van der Waals surface area (Å²) in [5.41, 5.74) is 1.09. The Labute approximate surface area is 165 Å². The average Bonchev–Trinajstić information content (AvgIpc) is 2.67. The molecule has 2 aromatic carbocycles. The molecular formula is C19H19NO7S. The molecule has 9 heteroatoms. The Hall–Kier alpha value is -3.33. The Morgan fingerprint density at radius 3 is 2.00 bits per heavy atom. The number of carboxylic acid groups (broad SMARTS) is 2. The Bertz CT molecular complexity index is 796. The molecule has 0 radical (unpaired) electrons.